The van der Waals surface area contributed by atoms with E-state index < -0.39 is 0 Å². The zero-order chi connectivity index (χ0) is 14.0. The number of thioether (sulfide) groups is 2. The molecule has 1 fully saturated rings. The van der Waals surface area contributed by atoms with E-state index >= 15 is 0 Å². The molecule has 19 heavy (non-hydrogen) atoms. The molecule has 0 aromatic heterocycles. The Hall–Kier alpha value is 0.290. The fourth-order valence-electron chi connectivity index (χ4n) is 2.05. The van der Waals surface area contributed by atoms with Crippen molar-refractivity contribution in [2.24, 2.45) is 0 Å². The Morgan fingerprint density at radius 3 is 2.79 bits per heavy atom. The van der Waals surface area contributed by atoms with Crippen LogP contribution in [0.2, 0.25) is 0 Å². The van der Waals surface area contributed by atoms with E-state index in [1.54, 1.807) is 6.07 Å². The minimum atomic E-state index is -0.380. The molecule has 1 aromatic rings. The van der Waals surface area contributed by atoms with Crippen LogP contribution in [0.25, 0.3) is 0 Å². The Kier molecular flexibility index (Phi) is 5.64. The Morgan fingerprint density at radius 1 is 1.42 bits per heavy atom. The van der Waals surface area contributed by atoms with Gasteiger partial charge in [-0.3, -0.25) is 0 Å². The third-order valence-electron chi connectivity index (χ3n) is 3.45. The smallest absolute Gasteiger partial charge is 0.124 e. The van der Waals surface area contributed by atoms with Gasteiger partial charge in [0.05, 0.1) is 6.10 Å². The Balaban J connectivity index is 1.99. The number of aliphatic hydroxyl groups excluding tert-OH is 1. The molecule has 1 aromatic carbocycles. The number of halogens is 2. The van der Waals surface area contributed by atoms with Gasteiger partial charge in [0.2, 0.25) is 0 Å². The van der Waals surface area contributed by atoms with Gasteiger partial charge in [0.1, 0.15) is 5.82 Å². The van der Waals surface area contributed by atoms with Gasteiger partial charge in [-0.05, 0) is 17.7 Å². The van der Waals surface area contributed by atoms with E-state index in [0.717, 1.165) is 15.8 Å². The van der Waals surface area contributed by atoms with Crippen LogP contribution in [0, 0.1) is 5.82 Å². The van der Waals surface area contributed by atoms with Gasteiger partial charge in [-0.25, -0.2) is 4.39 Å². The van der Waals surface area contributed by atoms with Crippen LogP contribution in [0.4, 0.5) is 4.39 Å². The van der Waals surface area contributed by atoms with Crippen LogP contribution < -0.4 is 0 Å². The standard InChI is InChI=1S/C14H18BrFOS2/c1-8-9(2)19-14(7-18-8)13(17)5-10-3-4-11(16)6-12(10)15/h3-4,6,8-9,13-14,17H,5,7H2,1-2H3. The van der Waals surface area contributed by atoms with Crippen molar-refractivity contribution in [3.05, 3.63) is 34.1 Å². The second kappa shape index (κ2) is 6.83. The average Bonchev–Trinajstić information content (AvgIpc) is 2.36. The average molecular weight is 365 g/mol. The highest BCUT2D eigenvalue weighted by Gasteiger charge is 2.30. The van der Waals surface area contributed by atoms with Crippen LogP contribution in [-0.2, 0) is 6.42 Å². The van der Waals surface area contributed by atoms with Crippen molar-refractivity contribution in [3.63, 3.8) is 0 Å². The highest BCUT2D eigenvalue weighted by molar-refractivity contribution is 9.10. The van der Waals surface area contributed by atoms with Crippen molar-refractivity contribution in [1.29, 1.82) is 0 Å². The van der Waals surface area contributed by atoms with Crippen molar-refractivity contribution in [1.82, 2.24) is 0 Å². The maximum Gasteiger partial charge on any atom is 0.124 e. The van der Waals surface area contributed by atoms with Gasteiger partial charge in [0, 0.05) is 32.4 Å². The summed E-state index contributed by atoms with van der Waals surface area (Å²) < 4.78 is 13.8. The van der Waals surface area contributed by atoms with Gasteiger partial charge in [-0.1, -0.05) is 35.8 Å². The first-order valence-corrected chi connectivity index (χ1v) is 9.15. The second-order valence-corrected chi connectivity index (χ2v) is 8.81. The highest BCUT2D eigenvalue weighted by atomic mass is 79.9. The van der Waals surface area contributed by atoms with Gasteiger partial charge in [-0.2, -0.15) is 23.5 Å². The molecule has 2 rings (SSSR count). The van der Waals surface area contributed by atoms with E-state index in [0.29, 0.717) is 16.9 Å². The van der Waals surface area contributed by atoms with E-state index in [1.807, 2.05) is 23.5 Å². The third kappa shape index (κ3) is 4.13. The summed E-state index contributed by atoms with van der Waals surface area (Å²) in [6.07, 6.45) is 0.189. The van der Waals surface area contributed by atoms with E-state index in [1.165, 1.54) is 12.1 Å². The van der Waals surface area contributed by atoms with Gasteiger partial charge in [0.15, 0.2) is 0 Å². The van der Waals surface area contributed by atoms with Crippen LogP contribution >= 0.6 is 39.5 Å². The molecule has 1 N–H and O–H groups in total. The lowest BCUT2D eigenvalue weighted by atomic mass is 10.1. The molecule has 106 valence electrons. The minimum Gasteiger partial charge on any atom is -0.392 e. The van der Waals surface area contributed by atoms with Crippen LogP contribution in [0.1, 0.15) is 19.4 Å². The maximum absolute atomic E-state index is 13.0. The van der Waals surface area contributed by atoms with Crippen LogP contribution in [0.5, 0.6) is 0 Å². The quantitative estimate of drug-likeness (QED) is 0.870. The highest BCUT2D eigenvalue weighted by Crippen LogP contribution is 2.37. The van der Waals surface area contributed by atoms with E-state index in [4.69, 9.17) is 0 Å². The Bertz CT molecular complexity index is 443. The molecule has 1 nitrogen and oxygen atoms in total. The summed E-state index contributed by atoms with van der Waals surface area (Å²) in [7, 11) is 0. The molecule has 0 bridgehead atoms. The van der Waals surface area contributed by atoms with Crippen molar-refractivity contribution >= 4 is 39.5 Å². The first-order chi connectivity index (χ1) is 8.97. The molecule has 1 aliphatic rings. The number of aliphatic hydroxyl groups is 1. The number of rotatable bonds is 3. The van der Waals surface area contributed by atoms with Crippen molar-refractivity contribution in [2.75, 3.05) is 5.75 Å². The molecule has 0 spiro atoms. The number of hydrogen-bond donors (Lipinski definition) is 1. The number of benzene rings is 1. The molecule has 1 aliphatic heterocycles. The number of hydrogen-bond acceptors (Lipinski definition) is 3. The van der Waals surface area contributed by atoms with Gasteiger partial charge in [0.25, 0.3) is 0 Å². The third-order valence-corrected chi connectivity index (χ3v) is 7.72. The fraction of sp³-hybridized carbons (Fsp3) is 0.571. The van der Waals surface area contributed by atoms with Gasteiger partial charge in [-0.15, -0.1) is 0 Å². The molecule has 1 saturated heterocycles. The zero-order valence-electron chi connectivity index (χ0n) is 11.0. The van der Waals surface area contributed by atoms with E-state index in [2.05, 4.69) is 29.8 Å². The fourth-order valence-corrected chi connectivity index (χ4v) is 5.58. The lowest BCUT2D eigenvalue weighted by molar-refractivity contribution is 0.177. The molecule has 4 unspecified atom stereocenters. The topological polar surface area (TPSA) is 20.2 Å². The summed E-state index contributed by atoms with van der Waals surface area (Å²) >= 11 is 7.16. The predicted octanol–water partition coefficient (Wildman–Crippen LogP) is 4.12. The lowest BCUT2D eigenvalue weighted by Gasteiger charge is -2.34. The molecule has 0 amide bonds. The monoisotopic (exact) mass is 364 g/mol. The summed E-state index contributed by atoms with van der Waals surface area (Å²) in [5.74, 6) is 0.728. The van der Waals surface area contributed by atoms with Crippen LogP contribution in [0.15, 0.2) is 22.7 Å². The molecule has 5 heteroatoms. The van der Waals surface area contributed by atoms with E-state index in [9.17, 15) is 9.50 Å². The van der Waals surface area contributed by atoms with Crippen molar-refractivity contribution in [3.8, 4) is 0 Å². The maximum atomic E-state index is 13.0. The molecular formula is C14H18BrFOS2. The molecule has 0 saturated carbocycles. The Labute approximate surface area is 130 Å². The summed E-state index contributed by atoms with van der Waals surface area (Å²) in [6.45, 7) is 4.45. The second-order valence-electron chi connectivity index (χ2n) is 4.93. The van der Waals surface area contributed by atoms with Crippen molar-refractivity contribution in [2.45, 2.75) is 42.1 Å². The lowest BCUT2D eigenvalue weighted by Crippen LogP contribution is -2.35. The SMILES string of the molecule is CC1SCC(C(O)Cc2ccc(F)cc2Br)SC1C. The van der Waals surface area contributed by atoms with E-state index in [-0.39, 0.29) is 17.2 Å². The van der Waals surface area contributed by atoms with Gasteiger partial charge >= 0.3 is 0 Å². The molecule has 0 radical (unpaired) electrons. The summed E-state index contributed by atoms with van der Waals surface area (Å²) in [4.78, 5) is 0. The molecule has 4 atom stereocenters. The summed E-state index contributed by atoms with van der Waals surface area (Å²) in [5, 5.41) is 11.8. The summed E-state index contributed by atoms with van der Waals surface area (Å²) in [5.41, 5.74) is 0.964. The van der Waals surface area contributed by atoms with Crippen LogP contribution in [0.3, 0.4) is 0 Å². The predicted molar refractivity (Wildman–Crippen MR) is 86.6 cm³/mol. The Morgan fingerprint density at radius 2 is 2.16 bits per heavy atom. The molecule has 1 heterocycles. The van der Waals surface area contributed by atoms with Gasteiger partial charge < -0.3 is 5.11 Å². The first-order valence-electron chi connectivity index (χ1n) is 6.36. The zero-order valence-corrected chi connectivity index (χ0v) is 14.2. The largest absolute Gasteiger partial charge is 0.392 e. The van der Waals surface area contributed by atoms with Crippen LogP contribution in [-0.4, -0.2) is 32.7 Å². The first kappa shape index (κ1) is 15.7. The summed E-state index contributed by atoms with van der Waals surface area (Å²) in [6, 6.07) is 4.64. The molecule has 0 aliphatic carbocycles. The van der Waals surface area contributed by atoms with Crippen molar-refractivity contribution < 1.29 is 9.50 Å². The normalized spacial score (nSPS) is 29.2. The minimum absolute atomic E-state index is 0.254. The molecular weight excluding hydrogens is 347 g/mol.